The van der Waals surface area contributed by atoms with Crippen molar-refractivity contribution in [2.45, 2.75) is 12.8 Å². The van der Waals surface area contributed by atoms with Crippen LogP contribution in [0.3, 0.4) is 0 Å². The van der Waals surface area contributed by atoms with Gasteiger partial charge in [0.25, 0.3) is 0 Å². The molecule has 2 aliphatic heterocycles. The molecule has 1 atom stereocenters. The normalized spacial score (nSPS) is 18.1. The van der Waals surface area contributed by atoms with Crippen molar-refractivity contribution in [2.24, 2.45) is 5.92 Å². The van der Waals surface area contributed by atoms with Gasteiger partial charge in [-0.2, -0.15) is 0 Å². The van der Waals surface area contributed by atoms with Crippen LogP contribution >= 0.6 is 0 Å². The van der Waals surface area contributed by atoms with Crippen LogP contribution in [0.2, 0.25) is 0 Å². The third-order valence-electron chi connectivity index (χ3n) is 4.85. The molecule has 25 heavy (non-hydrogen) atoms. The van der Waals surface area contributed by atoms with Gasteiger partial charge in [-0.05, 0) is 36.1 Å². The van der Waals surface area contributed by atoms with E-state index in [4.69, 9.17) is 4.74 Å². The van der Waals surface area contributed by atoms with Crippen LogP contribution in [0, 0.1) is 5.92 Å². The van der Waals surface area contributed by atoms with Gasteiger partial charge >= 0.3 is 0 Å². The highest BCUT2D eigenvalue weighted by Gasteiger charge is 2.28. The Labute approximate surface area is 146 Å². The third-order valence-corrected chi connectivity index (χ3v) is 4.85. The van der Waals surface area contributed by atoms with Gasteiger partial charge in [-0.3, -0.25) is 9.59 Å². The minimum absolute atomic E-state index is 0.0192. The molecular weight excluding hydrogens is 316 g/mol. The average Bonchev–Trinajstić information content (AvgIpc) is 3.09. The predicted octanol–water partition coefficient (Wildman–Crippen LogP) is 1.94. The SMILES string of the molecule is O=C(NCC(=O)N1CCc2ccccc21)C1COc2ccccc2C1. The maximum absolute atomic E-state index is 12.5. The zero-order chi connectivity index (χ0) is 17.2. The first-order chi connectivity index (χ1) is 12.2. The van der Waals surface area contributed by atoms with Gasteiger partial charge in [0.15, 0.2) is 0 Å². The van der Waals surface area contributed by atoms with Crippen molar-refractivity contribution in [3.63, 3.8) is 0 Å². The van der Waals surface area contributed by atoms with Gasteiger partial charge in [-0.25, -0.2) is 0 Å². The average molecular weight is 336 g/mol. The number of para-hydroxylation sites is 2. The van der Waals surface area contributed by atoms with Crippen molar-refractivity contribution in [3.05, 3.63) is 59.7 Å². The lowest BCUT2D eigenvalue weighted by Crippen LogP contribution is -2.43. The molecule has 2 aliphatic rings. The van der Waals surface area contributed by atoms with E-state index in [9.17, 15) is 9.59 Å². The van der Waals surface area contributed by atoms with E-state index in [0.717, 1.165) is 23.4 Å². The monoisotopic (exact) mass is 336 g/mol. The van der Waals surface area contributed by atoms with Crippen molar-refractivity contribution < 1.29 is 14.3 Å². The fourth-order valence-electron chi connectivity index (χ4n) is 3.50. The standard InChI is InChI=1S/C20H20N2O3/c23-19(22-10-9-14-5-1-3-7-17(14)22)12-21-20(24)16-11-15-6-2-4-8-18(15)25-13-16/h1-8,16H,9-13H2,(H,21,24). The van der Waals surface area contributed by atoms with Crippen LogP contribution in [0.15, 0.2) is 48.5 Å². The first kappa shape index (κ1) is 15.7. The molecule has 0 bridgehead atoms. The number of nitrogens with zero attached hydrogens (tertiary/aromatic N) is 1. The summed E-state index contributed by atoms with van der Waals surface area (Å²) in [5.41, 5.74) is 3.17. The number of fused-ring (bicyclic) bond motifs is 2. The van der Waals surface area contributed by atoms with E-state index in [1.807, 2.05) is 48.5 Å². The molecule has 0 fully saturated rings. The molecule has 4 rings (SSSR count). The van der Waals surface area contributed by atoms with E-state index in [1.165, 1.54) is 5.56 Å². The van der Waals surface area contributed by atoms with Gasteiger partial charge in [-0.15, -0.1) is 0 Å². The second-order valence-electron chi connectivity index (χ2n) is 6.46. The lowest BCUT2D eigenvalue weighted by atomic mass is 9.96. The van der Waals surface area contributed by atoms with Crippen LogP contribution in [0.4, 0.5) is 5.69 Å². The summed E-state index contributed by atoms with van der Waals surface area (Å²) in [4.78, 5) is 26.6. The second-order valence-corrected chi connectivity index (χ2v) is 6.46. The zero-order valence-corrected chi connectivity index (χ0v) is 13.9. The molecule has 0 aromatic heterocycles. The highest BCUT2D eigenvalue weighted by molar-refractivity contribution is 5.98. The summed E-state index contributed by atoms with van der Waals surface area (Å²) in [6.45, 7) is 1.04. The number of carbonyl (C=O) groups excluding carboxylic acids is 2. The minimum atomic E-state index is -0.256. The number of carbonyl (C=O) groups is 2. The molecule has 2 amide bonds. The third kappa shape index (κ3) is 3.09. The van der Waals surface area contributed by atoms with Crippen molar-refractivity contribution >= 4 is 17.5 Å². The number of nitrogens with one attached hydrogen (secondary N) is 1. The minimum Gasteiger partial charge on any atom is -0.492 e. The Morgan fingerprint density at radius 3 is 2.72 bits per heavy atom. The van der Waals surface area contributed by atoms with E-state index >= 15 is 0 Å². The highest BCUT2D eigenvalue weighted by atomic mass is 16.5. The van der Waals surface area contributed by atoms with Crippen molar-refractivity contribution in [2.75, 3.05) is 24.6 Å². The number of amides is 2. The molecule has 0 saturated heterocycles. The van der Waals surface area contributed by atoms with Crippen LogP contribution < -0.4 is 15.0 Å². The van der Waals surface area contributed by atoms with E-state index in [1.54, 1.807) is 4.90 Å². The fourth-order valence-corrected chi connectivity index (χ4v) is 3.50. The van der Waals surface area contributed by atoms with Gasteiger partial charge in [0.05, 0.1) is 12.5 Å². The summed E-state index contributed by atoms with van der Waals surface area (Å²) in [6.07, 6.45) is 1.51. The quantitative estimate of drug-likeness (QED) is 0.932. The molecule has 0 saturated carbocycles. The number of ether oxygens (including phenoxy) is 1. The first-order valence-corrected chi connectivity index (χ1v) is 8.59. The van der Waals surface area contributed by atoms with Gasteiger partial charge in [0.2, 0.25) is 11.8 Å². The summed E-state index contributed by atoms with van der Waals surface area (Å²) in [7, 11) is 0. The lowest BCUT2D eigenvalue weighted by Gasteiger charge is -2.25. The molecule has 1 N–H and O–H groups in total. The maximum atomic E-state index is 12.5. The smallest absolute Gasteiger partial charge is 0.246 e. The Hall–Kier alpha value is -2.82. The van der Waals surface area contributed by atoms with Crippen LogP contribution in [0.1, 0.15) is 11.1 Å². The Morgan fingerprint density at radius 2 is 1.84 bits per heavy atom. The Bertz CT molecular complexity index is 818. The van der Waals surface area contributed by atoms with Crippen LogP contribution in [-0.2, 0) is 22.4 Å². The molecule has 5 nitrogen and oxygen atoms in total. The molecule has 2 aromatic rings. The van der Waals surface area contributed by atoms with Crippen molar-refractivity contribution in [1.29, 1.82) is 0 Å². The summed E-state index contributed by atoms with van der Waals surface area (Å²) in [5.74, 6) is 0.385. The van der Waals surface area contributed by atoms with Gasteiger partial charge in [-0.1, -0.05) is 36.4 Å². The highest BCUT2D eigenvalue weighted by Crippen LogP contribution is 2.28. The molecule has 0 spiro atoms. The lowest BCUT2D eigenvalue weighted by molar-refractivity contribution is -0.128. The molecule has 0 radical (unpaired) electrons. The van der Waals surface area contributed by atoms with E-state index in [-0.39, 0.29) is 24.3 Å². The number of anilines is 1. The molecule has 5 heteroatoms. The molecule has 2 aromatic carbocycles. The predicted molar refractivity (Wildman–Crippen MR) is 94.6 cm³/mol. The summed E-state index contributed by atoms with van der Waals surface area (Å²) in [5, 5.41) is 2.78. The maximum Gasteiger partial charge on any atom is 0.246 e. The molecule has 128 valence electrons. The number of hydrogen-bond donors (Lipinski definition) is 1. The van der Waals surface area contributed by atoms with E-state index in [2.05, 4.69) is 5.32 Å². The van der Waals surface area contributed by atoms with Crippen LogP contribution in [-0.4, -0.2) is 31.5 Å². The number of hydrogen-bond acceptors (Lipinski definition) is 3. The topological polar surface area (TPSA) is 58.6 Å². The molecule has 2 heterocycles. The van der Waals surface area contributed by atoms with Gasteiger partial charge in [0.1, 0.15) is 12.4 Å². The van der Waals surface area contributed by atoms with Crippen LogP contribution in [0.5, 0.6) is 5.75 Å². The zero-order valence-electron chi connectivity index (χ0n) is 13.9. The number of benzene rings is 2. The van der Waals surface area contributed by atoms with Gasteiger partial charge < -0.3 is 15.0 Å². The Kier molecular flexibility index (Phi) is 4.14. The Balaban J connectivity index is 1.35. The van der Waals surface area contributed by atoms with E-state index in [0.29, 0.717) is 19.6 Å². The molecule has 0 aliphatic carbocycles. The molecule has 1 unspecified atom stereocenters. The van der Waals surface area contributed by atoms with Crippen molar-refractivity contribution in [3.8, 4) is 5.75 Å². The largest absolute Gasteiger partial charge is 0.492 e. The number of rotatable bonds is 3. The summed E-state index contributed by atoms with van der Waals surface area (Å²) < 4.78 is 5.65. The molecular formula is C20H20N2O3. The van der Waals surface area contributed by atoms with Gasteiger partial charge in [0, 0.05) is 12.2 Å². The fraction of sp³-hybridized carbons (Fsp3) is 0.300. The summed E-state index contributed by atoms with van der Waals surface area (Å²) >= 11 is 0. The summed E-state index contributed by atoms with van der Waals surface area (Å²) in [6, 6.07) is 15.7. The first-order valence-electron chi connectivity index (χ1n) is 8.59. The van der Waals surface area contributed by atoms with E-state index < -0.39 is 0 Å². The Morgan fingerprint density at radius 1 is 1.08 bits per heavy atom. The van der Waals surface area contributed by atoms with Crippen LogP contribution in [0.25, 0.3) is 0 Å². The second kappa shape index (κ2) is 6.59. The van der Waals surface area contributed by atoms with Crippen molar-refractivity contribution in [1.82, 2.24) is 5.32 Å².